The van der Waals surface area contributed by atoms with Crippen molar-refractivity contribution in [1.82, 2.24) is 9.88 Å². The molecule has 7 nitrogen and oxygen atoms in total. The Balaban J connectivity index is 1.68. The van der Waals surface area contributed by atoms with E-state index < -0.39 is 58.0 Å². The molecule has 0 bridgehead atoms. The number of halogens is 5. The zero-order valence-corrected chi connectivity index (χ0v) is 24.2. The Bertz CT molecular complexity index is 2030. The van der Waals surface area contributed by atoms with Crippen molar-refractivity contribution in [2.45, 2.75) is 18.6 Å². The highest BCUT2D eigenvalue weighted by molar-refractivity contribution is 6.02. The number of nitrogens with zero attached hydrogens (tertiary/aromatic N) is 2. The molecule has 45 heavy (non-hydrogen) atoms. The van der Waals surface area contributed by atoms with Gasteiger partial charge in [0.1, 0.15) is 23.2 Å². The molecule has 2 N–H and O–H groups in total. The number of carbonyl (C=O) groups is 2. The first-order valence-corrected chi connectivity index (χ1v) is 13.6. The maximum Gasteiger partial charge on any atom is 0.417 e. The SMILES string of the molecule is CN(C)c1ccc2c(c1)c(C(F)(F)F)c(-c1cccc3c(C[C@H](NC(=O)c4c(F)cccc4F)C(=O)O)cccc13)c(=O)n2C. The highest BCUT2D eigenvalue weighted by Crippen LogP contribution is 2.42. The summed E-state index contributed by atoms with van der Waals surface area (Å²) in [4.78, 5) is 40.1. The van der Waals surface area contributed by atoms with Gasteiger partial charge < -0.3 is 19.9 Å². The van der Waals surface area contributed by atoms with Crippen molar-refractivity contribution in [3.05, 3.63) is 111 Å². The Morgan fingerprint density at radius 1 is 0.911 bits per heavy atom. The number of nitrogens with one attached hydrogen (secondary N) is 1. The van der Waals surface area contributed by atoms with Crippen molar-refractivity contribution in [2.75, 3.05) is 19.0 Å². The minimum Gasteiger partial charge on any atom is -0.480 e. The summed E-state index contributed by atoms with van der Waals surface area (Å²) in [6.07, 6.45) is -5.31. The predicted molar refractivity (Wildman–Crippen MR) is 160 cm³/mol. The molecule has 0 spiro atoms. The number of rotatable bonds is 7. The number of carbonyl (C=O) groups excluding carboxylic acids is 1. The van der Waals surface area contributed by atoms with Gasteiger partial charge in [-0.1, -0.05) is 42.5 Å². The van der Waals surface area contributed by atoms with E-state index in [2.05, 4.69) is 5.32 Å². The predicted octanol–water partition coefficient (Wildman–Crippen LogP) is 6.15. The number of pyridine rings is 1. The van der Waals surface area contributed by atoms with Gasteiger partial charge in [-0.3, -0.25) is 9.59 Å². The number of aliphatic carboxylic acids is 1. The van der Waals surface area contributed by atoms with E-state index in [0.717, 1.165) is 22.8 Å². The van der Waals surface area contributed by atoms with Crippen LogP contribution in [0.5, 0.6) is 0 Å². The van der Waals surface area contributed by atoms with E-state index in [0.29, 0.717) is 16.6 Å². The number of aryl methyl sites for hydroxylation is 1. The van der Waals surface area contributed by atoms with Gasteiger partial charge in [-0.2, -0.15) is 13.2 Å². The fourth-order valence-electron chi connectivity index (χ4n) is 5.49. The first kappa shape index (κ1) is 31.2. The second-order valence-electron chi connectivity index (χ2n) is 10.7. The first-order valence-electron chi connectivity index (χ1n) is 13.6. The monoisotopic (exact) mass is 623 g/mol. The van der Waals surface area contributed by atoms with E-state index in [1.807, 2.05) is 0 Å². The molecule has 0 aliphatic rings. The number of alkyl halides is 3. The van der Waals surface area contributed by atoms with Gasteiger partial charge in [0.25, 0.3) is 11.5 Å². The van der Waals surface area contributed by atoms with Crippen LogP contribution in [0.25, 0.3) is 32.8 Å². The second-order valence-corrected chi connectivity index (χ2v) is 10.7. The number of hydrogen-bond acceptors (Lipinski definition) is 4. The molecule has 4 aromatic carbocycles. The molecule has 1 heterocycles. The molecule has 232 valence electrons. The largest absolute Gasteiger partial charge is 0.480 e. The molecule has 0 fully saturated rings. The molecule has 5 aromatic rings. The van der Waals surface area contributed by atoms with E-state index in [1.54, 1.807) is 31.1 Å². The van der Waals surface area contributed by atoms with Crippen LogP contribution in [-0.2, 0) is 24.4 Å². The van der Waals surface area contributed by atoms with E-state index in [9.17, 15) is 41.4 Å². The minimum atomic E-state index is -4.92. The average Bonchev–Trinajstić information content (AvgIpc) is 2.97. The smallest absolute Gasteiger partial charge is 0.417 e. The number of carboxylic acid groups (broad SMARTS) is 1. The van der Waals surface area contributed by atoms with Gasteiger partial charge in [0.05, 0.1) is 16.6 Å². The highest BCUT2D eigenvalue weighted by Gasteiger charge is 2.38. The molecule has 1 amide bonds. The lowest BCUT2D eigenvalue weighted by Gasteiger charge is -2.21. The summed E-state index contributed by atoms with van der Waals surface area (Å²) in [5, 5.41) is 12.4. The summed E-state index contributed by atoms with van der Waals surface area (Å²) in [6.45, 7) is 0. The molecular formula is C33H26F5N3O4. The zero-order chi connectivity index (χ0) is 32.8. The Labute approximate surface area is 253 Å². The molecule has 1 aromatic heterocycles. The average molecular weight is 624 g/mol. The van der Waals surface area contributed by atoms with Crippen LogP contribution in [0.4, 0.5) is 27.6 Å². The molecule has 5 rings (SSSR count). The van der Waals surface area contributed by atoms with Gasteiger partial charge in [-0.15, -0.1) is 0 Å². The number of carboxylic acids is 1. The molecular weight excluding hydrogens is 597 g/mol. The second kappa shape index (κ2) is 11.7. The lowest BCUT2D eigenvalue weighted by atomic mass is 9.90. The number of benzene rings is 4. The molecule has 0 saturated carbocycles. The molecule has 0 aliphatic heterocycles. The van der Waals surface area contributed by atoms with Crippen LogP contribution < -0.4 is 15.8 Å². The summed E-state index contributed by atoms with van der Waals surface area (Å²) in [5.41, 5.74) is -2.65. The van der Waals surface area contributed by atoms with Gasteiger partial charge in [0, 0.05) is 38.6 Å². The molecule has 0 saturated heterocycles. The van der Waals surface area contributed by atoms with Crippen LogP contribution in [0.3, 0.4) is 0 Å². The molecule has 0 radical (unpaired) electrons. The Morgan fingerprint density at radius 2 is 1.53 bits per heavy atom. The van der Waals surface area contributed by atoms with Gasteiger partial charge in [0.2, 0.25) is 0 Å². The van der Waals surface area contributed by atoms with E-state index in [4.69, 9.17) is 0 Å². The quantitative estimate of drug-likeness (QED) is 0.213. The summed E-state index contributed by atoms with van der Waals surface area (Å²) in [5.74, 6) is -5.15. The normalized spacial score (nSPS) is 12.4. The van der Waals surface area contributed by atoms with E-state index >= 15 is 0 Å². The number of fused-ring (bicyclic) bond motifs is 2. The maximum absolute atomic E-state index is 14.8. The number of aromatic nitrogens is 1. The third kappa shape index (κ3) is 5.70. The topological polar surface area (TPSA) is 91.6 Å². The van der Waals surface area contributed by atoms with Crippen molar-refractivity contribution < 1.29 is 36.6 Å². The zero-order valence-electron chi connectivity index (χ0n) is 24.2. The molecule has 1 atom stereocenters. The van der Waals surface area contributed by atoms with Gasteiger partial charge in [-0.25, -0.2) is 13.6 Å². The van der Waals surface area contributed by atoms with Crippen molar-refractivity contribution >= 4 is 39.2 Å². The van der Waals surface area contributed by atoms with Crippen LogP contribution >= 0.6 is 0 Å². The van der Waals surface area contributed by atoms with Crippen molar-refractivity contribution in [3.63, 3.8) is 0 Å². The number of hydrogen-bond donors (Lipinski definition) is 2. The van der Waals surface area contributed by atoms with Gasteiger partial charge in [-0.05, 0) is 52.2 Å². The lowest BCUT2D eigenvalue weighted by Crippen LogP contribution is -2.43. The van der Waals surface area contributed by atoms with E-state index in [-0.39, 0.29) is 28.3 Å². The van der Waals surface area contributed by atoms with Gasteiger partial charge >= 0.3 is 12.1 Å². The highest BCUT2D eigenvalue weighted by atomic mass is 19.4. The first-order chi connectivity index (χ1) is 21.2. The minimum absolute atomic E-state index is 0.0243. The Kier molecular flexibility index (Phi) is 8.09. The molecule has 0 aliphatic carbocycles. The lowest BCUT2D eigenvalue weighted by molar-refractivity contribution is -0.139. The summed E-state index contributed by atoms with van der Waals surface area (Å²) in [7, 11) is 4.76. The summed E-state index contributed by atoms with van der Waals surface area (Å²) in [6, 6.07) is 14.5. The number of anilines is 1. The van der Waals surface area contributed by atoms with Crippen molar-refractivity contribution in [2.24, 2.45) is 7.05 Å². The van der Waals surface area contributed by atoms with Gasteiger partial charge in [0.15, 0.2) is 0 Å². The van der Waals surface area contributed by atoms with Crippen LogP contribution in [0.2, 0.25) is 0 Å². The maximum atomic E-state index is 14.8. The third-order valence-corrected chi connectivity index (χ3v) is 7.68. The Morgan fingerprint density at radius 3 is 2.16 bits per heavy atom. The summed E-state index contributed by atoms with van der Waals surface area (Å²) < 4.78 is 74.0. The van der Waals surface area contributed by atoms with Crippen LogP contribution in [0.1, 0.15) is 21.5 Å². The van der Waals surface area contributed by atoms with Crippen molar-refractivity contribution in [3.8, 4) is 11.1 Å². The van der Waals surface area contributed by atoms with E-state index in [1.165, 1.54) is 49.5 Å². The molecule has 12 heteroatoms. The Hall–Kier alpha value is -5.26. The fraction of sp³-hybridized carbons (Fsp3) is 0.182. The standard InChI is InChI=1S/C33H26F5N3O4/c1-40(2)18-13-14-26-22(16-18)29(33(36,37)38)27(31(43)41(26)3)21-10-5-8-19-17(7-4-9-20(19)21)15-25(32(44)45)39-30(42)28-23(34)11-6-12-24(28)35/h4-14,16,25H,15H2,1-3H3,(H,39,42)(H,44,45)/t25-/m0/s1. The van der Waals surface area contributed by atoms with Crippen LogP contribution in [0.15, 0.2) is 77.6 Å². The number of amides is 1. The van der Waals surface area contributed by atoms with Crippen LogP contribution in [0, 0.1) is 11.6 Å². The summed E-state index contributed by atoms with van der Waals surface area (Å²) >= 11 is 0. The fourth-order valence-corrected chi connectivity index (χ4v) is 5.49. The van der Waals surface area contributed by atoms with Crippen molar-refractivity contribution in [1.29, 1.82) is 0 Å². The van der Waals surface area contributed by atoms with Crippen LogP contribution in [-0.4, -0.2) is 41.7 Å². The third-order valence-electron chi connectivity index (χ3n) is 7.68. The molecule has 0 unspecified atom stereocenters.